The van der Waals surface area contributed by atoms with Gasteiger partial charge in [0.05, 0.1) is 11.1 Å². The summed E-state index contributed by atoms with van der Waals surface area (Å²) in [5.74, 6) is -0.583. The van der Waals surface area contributed by atoms with Gasteiger partial charge < -0.3 is 9.84 Å². The Morgan fingerprint density at radius 3 is 2.36 bits per heavy atom. The number of nitrogens with one attached hydrogen (secondary N) is 1. The second-order valence-electron chi connectivity index (χ2n) is 6.41. The minimum atomic E-state index is -0.969. The second kappa shape index (κ2) is 6.73. The second-order valence-corrected chi connectivity index (χ2v) is 6.41. The number of carbonyl (C=O) groups excluding carboxylic acids is 3. The average molecular weight is 376 g/mol. The van der Waals surface area contributed by atoms with Crippen LogP contribution in [0, 0.1) is 6.92 Å². The van der Waals surface area contributed by atoms with Crippen molar-refractivity contribution in [1.29, 1.82) is 0 Å². The maximum absolute atomic E-state index is 12.7. The van der Waals surface area contributed by atoms with Crippen LogP contribution in [0.3, 0.4) is 0 Å². The van der Waals surface area contributed by atoms with E-state index in [9.17, 15) is 14.4 Å². The molecule has 1 atom stereocenters. The number of hydrogen-bond donors (Lipinski definition) is 1. The highest BCUT2D eigenvalue weighted by Crippen LogP contribution is 2.25. The van der Waals surface area contributed by atoms with Crippen molar-refractivity contribution < 1.29 is 18.9 Å². The first-order chi connectivity index (χ1) is 13.5. The molecule has 1 aromatic heterocycles. The Hall–Kier alpha value is -3.81. The van der Waals surface area contributed by atoms with E-state index >= 15 is 0 Å². The van der Waals surface area contributed by atoms with E-state index in [0.717, 1.165) is 4.90 Å². The van der Waals surface area contributed by atoms with Crippen LogP contribution in [-0.2, 0) is 4.79 Å². The van der Waals surface area contributed by atoms with Gasteiger partial charge >= 0.3 is 0 Å². The molecular formula is C20H16N4O4. The maximum atomic E-state index is 12.7. The van der Waals surface area contributed by atoms with Crippen molar-refractivity contribution in [3.05, 3.63) is 65.5 Å². The van der Waals surface area contributed by atoms with E-state index in [0.29, 0.717) is 34.1 Å². The summed E-state index contributed by atoms with van der Waals surface area (Å²) >= 11 is 0. The van der Waals surface area contributed by atoms with E-state index < -0.39 is 23.8 Å². The van der Waals surface area contributed by atoms with Crippen LogP contribution in [0.15, 0.2) is 53.1 Å². The molecule has 0 saturated heterocycles. The van der Waals surface area contributed by atoms with Gasteiger partial charge in [0.25, 0.3) is 11.8 Å². The minimum absolute atomic E-state index is 0.307. The number of nitrogens with zero attached hydrogens (tertiary/aromatic N) is 3. The first-order valence-electron chi connectivity index (χ1n) is 8.64. The number of aryl methyl sites for hydroxylation is 1. The summed E-state index contributed by atoms with van der Waals surface area (Å²) in [6.07, 6.45) is 0. The Kier molecular flexibility index (Phi) is 4.23. The molecule has 0 fully saturated rings. The summed E-state index contributed by atoms with van der Waals surface area (Å²) in [6, 6.07) is 12.5. The van der Waals surface area contributed by atoms with Gasteiger partial charge in [-0.25, -0.2) is 0 Å². The molecule has 1 aliphatic heterocycles. The first kappa shape index (κ1) is 17.6. The van der Waals surface area contributed by atoms with Gasteiger partial charge in [0.1, 0.15) is 6.04 Å². The lowest BCUT2D eigenvalue weighted by molar-refractivity contribution is -0.119. The van der Waals surface area contributed by atoms with Crippen LogP contribution >= 0.6 is 0 Å². The van der Waals surface area contributed by atoms with Crippen LogP contribution in [0.25, 0.3) is 11.4 Å². The molecule has 3 aromatic rings. The largest absolute Gasteiger partial charge is 0.339 e. The van der Waals surface area contributed by atoms with E-state index in [1.165, 1.54) is 6.92 Å². The Morgan fingerprint density at radius 2 is 1.75 bits per heavy atom. The molecule has 0 saturated carbocycles. The SMILES string of the molecule is Cc1nc(-c2cccc(NC(=O)C(C)N3C(=O)c4ccccc4C3=O)c2)no1. The Morgan fingerprint density at radius 1 is 1.07 bits per heavy atom. The zero-order valence-corrected chi connectivity index (χ0v) is 15.2. The number of imide groups is 1. The van der Waals surface area contributed by atoms with Crippen LogP contribution in [0.1, 0.15) is 33.5 Å². The van der Waals surface area contributed by atoms with Gasteiger partial charge in [-0.15, -0.1) is 0 Å². The molecule has 1 aliphatic rings. The van der Waals surface area contributed by atoms with Crippen LogP contribution in [0.5, 0.6) is 0 Å². The van der Waals surface area contributed by atoms with E-state index in [1.807, 2.05) is 0 Å². The van der Waals surface area contributed by atoms with Crippen molar-refractivity contribution in [3.8, 4) is 11.4 Å². The molecule has 0 radical (unpaired) electrons. The molecule has 4 rings (SSSR count). The summed E-state index contributed by atoms with van der Waals surface area (Å²) < 4.78 is 4.97. The van der Waals surface area contributed by atoms with E-state index in [1.54, 1.807) is 55.5 Å². The number of anilines is 1. The molecule has 0 spiro atoms. The van der Waals surface area contributed by atoms with Crippen molar-refractivity contribution in [2.45, 2.75) is 19.9 Å². The lowest BCUT2D eigenvalue weighted by Crippen LogP contribution is -2.45. The van der Waals surface area contributed by atoms with Crippen LogP contribution in [0.4, 0.5) is 5.69 Å². The van der Waals surface area contributed by atoms with Gasteiger partial charge in [-0.2, -0.15) is 4.98 Å². The van der Waals surface area contributed by atoms with E-state index in [4.69, 9.17) is 4.52 Å². The fraction of sp³-hybridized carbons (Fsp3) is 0.150. The molecule has 8 nitrogen and oxygen atoms in total. The average Bonchev–Trinajstić information content (AvgIpc) is 3.24. The molecular weight excluding hydrogens is 360 g/mol. The molecule has 8 heteroatoms. The zero-order valence-electron chi connectivity index (χ0n) is 15.2. The fourth-order valence-corrected chi connectivity index (χ4v) is 3.08. The maximum Gasteiger partial charge on any atom is 0.262 e. The molecule has 3 amide bonds. The van der Waals surface area contributed by atoms with E-state index in [2.05, 4.69) is 15.5 Å². The normalized spacial score (nSPS) is 14.1. The third-order valence-corrected chi connectivity index (χ3v) is 4.51. The third kappa shape index (κ3) is 2.94. The number of benzene rings is 2. The number of rotatable bonds is 4. The van der Waals surface area contributed by atoms with Gasteiger partial charge in [-0.1, -0.05) is 29.4 Å². The number of amides is 3. The number of aromatic nitrogens is 2. The van der Waals surface area contributed by atoms with Crippen molar-refractivity contribution in [3.63, 3.8) is 0 Å². The molecule has 28 heavy (non-hydrogen) atoms. The summed E-state index contributed by atoms with van der Waals surface area (Å²) in [4.78, 5) is 42.9. The molecule has 2 aromatic carbocycles. The Balaban J connectivity index is 1.53. The molecule has 1 N–H and O–H groups in total. The number of carbonyl (C=O) groups is 3. The summed E-state index contributed by atoms with van der Waals surface area (Å²) in [5, 5.41) is 6.58. The quantitative estimate of drug-likeness (QED) is 0.702. The highest BCUT2D eigenvalue weighted by Gasteiger charge is 2.40. The lowest BCUT2D eigenvalue weighted by Gasteiger charge is -2.21. The number of hydrogen-bond acceptors (Lipinski definition) is 6. The Labute approximate surface area is 160 Å². The summed E-state index contributed by atoms with van der Waals surface area (Å²) in [5.41, 5.74) is 1.78. The van der Waals surface area contributed by atoms with Crippen LogP contribution in [0.2, 0.25) is 0 Å². The van der Waals surface area contributed by atoms with Gasteiger partial charge in [0.15, 0.2) is 0 Å². The fourth-order valence-electron chi connectivity index (χ4n) is 3.08. The predicted octanol–water partition coefficient (Wildman–Crippen LogP) is 2.67. The smallest absolute Gasteiger partial charge is 0.262 e. The molecule has 2 heterocycles. The van der Waals surface area contributed by atoms with Crippen molar-refractivity contribution in [1.82, 2.24) is 15.0 Å². The predicted molar refractivity (Wildman–Crippen MR) is 99.5 cm³/mol. The highest BCUT2D eigenvalue weighted by molar-refractivity contribution is 6.23. The Bertz CT molecular complexity index is 1070. The first-order valence-corrected chi connectivity index (χ1v) is 8.64. The van der Waals surface area contributed by atoms with Gasteiger partial charge in [0, 0.05) is 18.2 Å². The summed E-state index contributed by atoms with van der Waals surface area (Å²) in [7, 11) is 0. The molecule has 0 bridgehead atoms. The zero-order chi connectivity index (χ0) is 19.8. The third-order valence-electron chi connectivity index (χ3n) is 4.51. The summed E-state index contributed by atoms with van der Waals surface area (Å²) in [6.45, 7) is 3.20. The minimum Gasteiger partial charge on any atom is -0.339 e. The molecule has 140 valence electrons. The monoisotopic (exact) mass is 376 g/mol. The topological polar surface area (TPSA) is 105 Å². The van der Waals surface area contributed by atoms with Crippen LogP contribution < -0.4 is 5.32 Å². The van der Waals surface area contributed by atoms with Crippen LogP contribution in [-0.4, -0.2) is 38.8 Å². The van der Waals surface area contributed by atoms with Gasteiger partial charge in [0.2, 0.25) is 17.6 Å². The lowest BCUT2D eigenvalue weighted by atomic mass is 10.1. The standard InChI is InChI=1S/C20H16N4O4/c1-11(24-19(26)15-8-3-4-9-16(15)20(24)27)18(25)22-14-7-5-6-13(10-14)17-21-12(2)28-23-17/h3-11H,1-2H3,(H,22,25). The van der Waals surface area contributed by atoms with E-state index in [-0.39, 0.29) is 0 Å². The molecule has 0 aliphatic carbocycles. The number of fused-ring (bicyclic) bond motifs is 1. The molecule has 1 unspecified atom stereocenters. The van der Waals surface area contributed by atoms with Crippen molar-refractivity contribution in [2.75, 3.05) is 5.32 Å². The van der Waals surface area contributed by atoms with Crippen molar-refractivity contribution >= 4 is 23.4 Å². The highest BCUT2D eigenvalue weighted by atomic mass is 16.5. The van der Waals surface area contributed by atoms with Gasteiger partial charge in [-0.3, -0.25) is 19.3 Å². The van der Waals surface area contributed by atoms with Crippen molar-refractivity contribution in [2.24, 2.45) is 0 Å². The van der Waals surface area contributed by atoms with Gasteiger partial charge in [-0.05, 0) is 31.2 Å².